The molecule has 3 fully saturated rings. The number of benzene rings is 1. The third-order valence-electron chi connectivity index (χ3n) is 6.82. The van der Waals surface area contributed by atoms with Gasteiger partial charge in [0.1, 0.15) is 11.9 Å². The molecule has 0 spiro atoms. The number of hydrogen-bond donors (Lipinski definition) is 0. The Morgan fingerprint density at radius 2 is 1.94 bits per heavy atom. The van der Waals surface area contributed by atoms with Gasteiger partial charge in [-0.15, -0.1) is 0 Å². The van der Waals surface area contributed by atoms with Gasteiger partial charge < -0.3 is 9.80 Å². The number of hydrogen-bond acceptors (Lipinski definition) is 8. The minimum Gasteiger partial charge on any atom is -0.369 e. The molecule has 0 amide bonds. The second-order valence-electron chi connectivity index (χ2n) is 8.67. The van der Waals surface area contributed by atoms with Gasteiger partial charge in [-0.3, -0.25) is 9.88 Å². The van der Waals surface area contributed by atoms with Gasteiger partial charge in [0.05, 0.1) is 27.6 Å². The van der Waals surface area contributed by atoms with Crippen LogP contribution in [0.3, 0.4) is 0 Å². The molecule has 3 aliphatic rings. The molecule has 1 aromatic carbocycles. The highest BCUT2D eigenvalue weighted by Crippen LogP contribution is 2.34. The van der Waals surface area contributed by atoms with Crippen molar-refractivity contribution in [2.75, 3.05) is 49.1 Å². The summed E-state index contributed by atoms with van der Waals surface area (Å²) in [5, 5.41) is 8.73. The minimum absolute atomic E-state index is 0.186. The highest BCUT2D eigenvalue weighted by atomic mass is 35.5. The maximum atomic E-state index is 13.4. The summed E-state index contributed by atoms with van der Waals surface area (Å²) in [4.78, 5) is 15.2. The predicted molar refractivity (Wildman–Crippen MR) is 123 cm³/mol. The van der Waals surface area contributed by atoms with Gasteiger partial charge >= 0.3 is 0 Å². The SMILES string of the molecule is N#Cc1cncc(N2CC[C@H](S(=O)(=O)c3ccc(N4CCN5CCC[C@H]5C4)cc3Cl)C2)n1. The quantitative estimate of drug-likeness (QED) is 0.669. The molecule has 32 heavy (non-hydrogen) atoms. The first-order valence-electron chi connectivity index (χ1n) is 11.0. The highest BCUT2D eigenvalue weighted by Gasteiger charge is 2.37. The maximum absolute atomic E-state index is 13.4. The molecule has 0 N–H and O–H groups in total. The van der Waals surface area contributed by atoms with Crippen molar-refractivity contribution in [3.8, 4) is 6.07 Å². The van der Waals surface area contributed by atoms with E-state index in [9.17, 15) is 8.42 Å². The third kappa shape index (κ3) is 3.91. The Kier molecular flexibility index (Phi) is 5.70. The van der Waals surface area contributed by atoms with Crippen molar-refractivity contribution in [2.45, 2.75) is 35.4 Å². The van der Waals surface area contributed by atoms with E-state index >= 15 is 0 Å². The van der Waals surface area contributed by atoms with Crippen LogP contribution < -0.4 is 9.80 Å². The van der Waals surface area contributed by atoms with E-state index in [1.54, 1.807) is 18.3 Å². The number of rotatable bonds is 4. The number of nitrogens with zero attached hydrogens (tertiary/aromatic N) is 6. The Morgan fingerprint density at radius 1 is 1.06 bits per heavy atom. The standard InChI is InChI=1S/C22H25ClN6O2S/c23-20-10-17(28-9-8-27-6-1-2-18(27)14-28)3-4-21(20)32(30,31)19-5-7-29(15-19)22-13-25-12-16(11-24)26-22/h3-4,10,12-13,18-19H,1-2,5-9,14-15H2/t18-,19-/m0/s1. The Balaban J connectivity index is 1.32. The first-order chi connectivity index (χ1) is 15.5. The maximum Gasteiger partial charge on any atom is 0.184 e. The molecular weight excluding hydrogens is 448 g/mol. The molecule has 1 aromatic heterocycles. The van der Waals surface area contributed by atoms with E-state index in [0.29, 0.717) is 31.4 Å². The van der Waals surface area contributed by atoms with E-state index in [1.165, 1.54) is 25.6 Å². The smallest absolute Gasteiger partial charge is 0.184 e. The summed E-state index contributed by atoms with van der Waals surface area (Å²) < 4.78 is 26.7. The molecule has 0 saturated carbocycles. The Labute approximate surface area is 193 Å². The van der Waals surface area contributed by atoms with Crippen LogP contribution in [0.25, 0.3) is 0 Å². The van der Waals surface area contributed by atoms with Crippen molar-refractivity contribution in [2.24, 2.45) is 0 Å². The molecule has 3 saturated heterocycles. The van der Waals surface area contributed by atoms with Crippen LogP contribution in [0.5, 0.6) is 0 Å². The number of aromatic nitrogens is 2. The zero-order valence-corrected chi connectivity index (χ0v) is 19.3. The van der Waals surface area contributed by atoms with Crippen LogP contribution in [0.4, 0.5) is 11.5 Å². The molecule has 0 unspecified atom stereocenters. The second kappa shape index (κ2) is 8.50. The summed E-state index contributed by atoms with van der Waals surface area (Å²) in [5.41, 5.74) is 1.20. The molecule has 0 radical (unpaired) electrons. The van der Waals surface area contributed by atoms with Gasteiger partial charge in [0.15, 0.2) is 15.5 Å². The van der Waals surface area contributed by atoms with Crippen LogP contribution in [-0.2, 0) is 9.84 Å². The molecule has 5 rings (SSSR count). The van der Waals surface area contributed by atoms with Crippen LogP contribution >= 0.6 is 11.6 Å². The first kappa shape index (κ1) is 21.4. The van der Waals surface area contributed by atoms with E-state index in [2.05, 4.69) is 19.8 Å². The largest absolute Gasteiger partial charge is 0.369 e. The normalized spacial score (nSPS) is 23.9. The van der Waals surface area contributed by atoms with Crippen molar-refractivity contribution in [1.82, 2.24) is 14.9 Å². The molecule has 0 aliphatic carbocycles. The van der Waals surface area contributed by atoms with Gasteiger partial charge in [0.2, 0.25) is 0 Å². The fourth-order valence-electron chi connectivity index (χ4n) is 5.07. The van der Waals surface area contributed by atoms with Gasteiger partial charge in [-0.25, -0.2) is 13.4 Å². The number of nitriles is 1. The summed E-state index contributed by atoms with van der Waals surface area (Å²) in [6.07, 6.45) is 5.89. The lowest BCUT2D eigenvalue weighted by molar-refractivity contribution is 0.231. The predicted octanol–water partition coefficient (Wildman–Crippen LogP) is 2.34. The fraction of sp³-hybridized carbons (Fsp3) is 0.500. The minimum atomic E-state index is -3.60. The van der Waals surface area contributed by atoms with E-state index in [1.807, 2.05) is 17.0 Å². The van der Waals surface area contributed by atoms with Crippen molar-refractivity contribution in [3.63, 3.8) is 0 Å². The van der Waals surface area contributed by atoms with Crippen molar-refractivity contribution < 1.29 is 8.42 Å². The zero-order chi connectivity index (χ0) is 22.3. The topological polar surface area (TPSA) is 93.4 Å². The van der Waals surface area contributed by atoms with E-state index in [-0.39, 0.29) is 15.6 Å². The van der Waals surface area contributed by atoms with E-state index < -0.39 is 15.1 Å². The molecule has 0 bridgehead atoms. The van der Waals surface area contributed by atoms with Gasteiger partial charge in [0, 0.05) is 44.5 Å². The first-order valence-corrected chi connectivity index (χ1v) is 12.9. The highest BCUT2D eigenvalue weighted by molar-refractivity contribution is 7.92. The summed E-state index contributed by atoms with van der Waals surface area (Å²) in [6, 6.07) is 7.89. The van der Waals surface area contributed by atoms with E-state index in [4.69, 9.17) is 16.9 Å². The monoisotopic (exact) mass is 472 g/mol. The number of halogens is 1. The molecular formula is C22H25ClN6O2S. The van der Waals surface area contributed by atoms with Gasteiger partial charge in [-0.1, -0.05) is 11.6 Å². The average Bonchev–Trinajstić information content (AvgIpc) is 3.48. The molecule has 4 heterocycles. The van der Waals surface area contributed by atoms with Gasteiger partial charge in [-0.05, 0) is 44.0 Å². The molecule has 2 aromatic rings. The summed E-state index contributed by atoms with van der Waals surface area (Å²) in [6.45, 7) is 4.95. The molecule has 168 valence electrons. The number of sulfone groups is 1. The number of anilines is 2. The Hall–Kier alpha value is -2.41. The van der Waals surface area contributed by atoms with Crippen molar-refractivity contribution >= 4 is 32.9 Å². The summed E-state index contributed by atoms with van der Waals surface area (Å²) in [5.74, 6) is 0.522. The lowest BCUT2D eigenvalue weighted by atomic mass is 10.1. The Bertz CT molecular complexity index is 1170. The van der Waals surface area contributed by atoms with Crippen molar-refractivity contribution in [1.29, 1.82) is 5.26 Å². The lowest BCUT2D eigenvalue weighted by Gasteiger charge is -2.39. The molecule has 10 heteroatoms. The van der Waals surface area contributed by atoms with Crippen LogP contribution in [-0.4, -0.2) is 73.8 Å². The van der Waals surface area contributed by atoms with Crippen LogP contribution in [0.15, 0.2) is 35.5 Å². The second-order valence-corrected chi connectivity index (χ2v) is 11.3. The van der Waals surface area contributed by atoms with Gasteiger partial charge in [0.25, 0.3) is 0 Å². The Morgan fingerprint density at radius 3 is 2.75 bits per heavy atom. The summed E-state index contributed by atoms with van der Waals surface area (Å²) >= 11 is 6.53. The van der Waals surface area contributed by atoms with Crippen LogP contribution in [0, 0.1) is 11.3 Å². The lowest BCUT2D eigenvalue weighted by Crippen LogP contribution is -2.50. The number of piperazine rings is 1. The number of fused-ring (bicyclic) bond motifs is 1. The molecule has 8 nitrogen and oxygen atoms in total. The average molecular weight is 473 g/mol. The molecule has 3 aliphatic heterocycles. The van der Waals surface area contributed by atoms with Crippen LogP contribution in [0.2, 0.25) is 5.02 Å². The van der Waals surface area contributed by atoms with Crippen LogP contribution in [0.1, 0.15) is 25.0 Å². The summed E-state index contributed by atoms with van der Waals surface area (Å²) in [7, 11) is -3.60. The van der Waals surface area contributed by atoms with Gasteiger partial charge in [-0.2, -0.15) is 5.26 Å². The molecule has 2 atom stereocenters. The van der Waals surface area contributed by atoms with E-state index in [0.717, 1.165) is 25.3 Å². The van der Waals surface area contributed by atoms with Crippen molar-refractivity contribution in [3.05, 3.63) is 41.3 Å². The third-order valence-corrected chi connectivity index (χ3v) is 9.47. The zero-order valence-electron chi connectivity index (χ0n) is 17.7. The fourth-order valence-corrected chi connectivity index (χ4v) is 7.31.